The minimum absolute atomic E-state index is 0.336. The van der Waals surface area contributed by atoms with Crippen molar-refractivity contribution in [3.63, 3.8) is 0 Å². The van der Waals surface area contributed by atoms with Crippen molar-refractivity contribution in [3.8, 4) is 0 Å². The van der Waals surface area contributed by atoms with Crippen LogP contribution in [0.15, 0.2) is 30.5 Å². The number of benzene rings is 1. The molecular formula is C10H8FNO2. The Balaban J connectivity index is 2.63. The summed E-state index contributed by atoms with van der Waals surface area (Å²) >= 11 is 0. The smallest absolute Gasteiger partial charge is 0.213 e. The topological polar surface area (TPSA) is 53.4 Å². The van der Waals surface area contributed by atoms with Gasteiger partial charge in [0.2, 0.25) is 5.95 Å². The minimum Gasteiger partial charge on any atom is -0.364 e. The fourth-order valence-corrected chi connectivity index (χ4v) is 1.29. The third-order valence-electron chi connectivity index (χ3n) is 2.01. The zero-order valence-corrected chi connectivity index (χ0v) is 7.18. The molecule has 0 atom stereocenters. The molecule has 14 heavy (non-hydrogen) atoms. The first-order chi connectivity index (χ1) is 6.66. The first kappa shape index (κ1) is 9.05. The molecule has 0 aliphatic heterocycles. The lowest BCUT2D eigenvalue weighted by atomic mass is 10.1. The zero-order valence-electron chi connectivity index (χ0n) is 7.18. The number of rotatable bonds is 1. The molecule has 0 amide bonds. The van der Waals surface area contributed by atoms with E-state index in [9.17, 15) is 4.39 Å². The molecule has 1 aromatic heterocycles. The van der Waals surface area contributed by atoms with Crippen molar-refractivity contribution >= 4 is 10.8 Å². The number of aromatic nitrogens is 1. The number of halogens is 1. The lowest BCUT2D eigenvalue weighted by molar-refractivity contribution is -0.0423. The second-order valence-electron chi connectivity index (χ2n) is 2.99. The predicted octanol–water partition coefficient (Wildman–Crippen LogP) is 1.36. The van der Waals surface area contributed by atoms with E-state index < -0.39 is 12.2 Å². The third kappa shape index (κ3) is 1.57. The zero-order chi connectivity index (χ0) is 10.1. The number of aliphatic hydroxyl groups excluding tert-OH is 1. The van der Waals surface area contributed by atoms with Crippen LogP contribution in [-0.4, -0.2) is 15.2 Å². The van der Waals surface area contributed by atoms with E-state index in [1.165, 1.54) is 18.3 Å². The van der Waals surface area contributed by atoms with E-state index >= 15 is 0 Å². The lowest BCUT2D eigenvalue weighted by Crippen LogP contribution is -1.94. The highest BCUT2D eigenvalue weighted by atomic mass is 19.1. The van der Waals surface area contributed by atoms with Crippen LogP contribution >= 0.6 is 0 Å². The average molecular weight is 193 g/mol. The number of hydrogen-bond donors (Lipinski definition) is 2. The van der Waals surface area contributed by atoms with Crippen molar-refractivity contribution in [2.75, 3.05) is 0 Å². The molecule has 2 aromatic rings. The summed E-state index contributed by atoms with van der Waals surface area (Å²) in [5.74, 6) is -0.581. The van der Waals surface area contributed by atoms with Crippen LogP contribution in [0.25, 0.3) is 10.8 Å². The Morgan fingerprint density at radius 2 is 1.93 bits per heavy atom. The van der Waals surface area contributed by atoms with Gasteiger partial charge in [-0.15, -0.1) is 0 Å². The number of pyridine rings is 1. The Labute approximate surface area is 79.5 Å². The third-order valence-corrected chi connectivity index (χ3v) is 2.01. The second kappa shape index (κ2) is 3.32. The van der Waals surface area contributed by atoms with Gasteiger partial charge in [-0.2, -0.15) is 4.39 Å². The molecule has 3 nitrogen and oxygen atoms in total. The van der Waals surface area contributed by atoms with Crippen LogP contribution in [0.1, 0.15) is 11.9 Å². The van der Waals surface area contributed by atoms with E-state index in [2.05, 4.69) is 4.98 Å². The van der Waals surface area contributed by atoms with Gasteiger partial charge in [0.25, 0.3) is 0 Å². The maximum absolute atomic E-state index is 12.7. The van der Waals surface area contributed by atoms with Gasteiger partial charge in [-0.3, -0.25) is 0 Å². The summed E-state index contributed by atoms with van der Waals surface area (Å²) in [5, 5.41) is 19.2. The molecule has 1 aromatic carbocycles. The Morgan fingerprint density at radius 3 is 2.64 bits per heavy atom. The molecule has 0 radical (unpaired) electrons. The first-order valence-corrected chi connectivity index (χ1v) is 4.08. The van der Waals surface area contributed by atoms with Crippen LogP contribution in [0.2, 0.25) is 0 Å². The van der Waals surface area contributed by atoms with Crippen LogP contribution in [0.3, 0.4) is 0 Å². The standard InChI is InChI=1S/C10H8FNO2/c11-9-4-8-3-6(10(13)14)1-2-7(8)5-12-9/h1-5,10,13-14H. The molecular weight excluding hydrogens is 185 g/mol. The monoisotopic (exact) mass is 193 g/mol. The maximum atomic E-state index is 12.7. The van der Waals surface area contributed by atoms with Gasteiger partial charge in [0.15, 0.2) is 6.29 Å². The normalized spacial score (nSPS) is 11.1. The van der Waals surface area contributed by atoms with Gasteiger partial charge in [-0.1, -0.05) is 12.1 Å². The van der Waals surface area contributed by atoms with Gasteiger partial charge in [-0.25, -0.2) is 4.98 Å². The van der Waals surface area contributed by atoms with Crippen LogP contribution in [0, 0.1) is 5.95 Å². The SMILES string of the molecule is OC(O)c1ccc2cnc(F)cc2c1. The molecule has 0 unspecified atom stereocenters. The van der Waals surface area contributed by atoms with E-state index in [-0.39, 0.29) is 0 Å². The molecule has 0 bridgehead atoms. The van der Waals surface area contributed by atoms with Gasteiger partial charge >= 0.3 is 0 Å². The fourth-order valence-electron chi connectivity index (χ4n) is 1.29. The Kier molecular flexibility index (Phi) is 2.15. The number of hydrogen-bond acceptors (Lipinski definition) is 3. The minimum atomic E-state index is -1.53. The quantitative estimate of drug-likeness (QED) is 0.531. The van der Waals surface area contributed by atoms with Crippen molar-refractivity contribution in [2.24, 2.45) is 0 Å². The summed E-state index contributed by atoms with van der Waals surface area (Å²) in [6.45, 7) is 0. The van der Waals surface area contributed by atoms with Gasteiger partial charge in [0.1, 0.15) is 0 Å². The van der Waals surface area contributed by atoms with E-state index in [1.54, 1.807) is 12.1 Å². The molecule has 72 valence electrons. The van der Waals surface area contributed by atoms with Crippen molar-refractivity contribution in [1.29, 1.82) is 0 Å². The molecule has 2 rings (SSSR count). The molecule has 4 heteroatoms. The van der Waals surface area contributed by atoms with E-state index in [0.29, 0.717) is 10.9 Å². The first-order valence-electron chi connectivity index (χ1n) is 4.08. The summed E-state index contributed by atoms with van der Waals surface area (Å²) in [7, 11) is 0. The van der Waals surface area contributed by atoms with Crippen molar-refractivity contribution in [3.05, 3.63) is 42.0 Å². The Morgan fingerprint density at radius 1 is 1.14 bits per heavy atom. The van der Waals surface area contributed by atoms with E-state index in [0.717, 1.165) is 5.39 Å². The molecule has 0 fully saturated rings. The van der Waals surface area contributed by atoms with Gasteiger partial charge in [0.05, 0.1) is 0 Å². The highest BCUT2D eigenvalue weighted by molar-refractivity contribution is 5.82. The average Bonchev–Trinajstić information content (AvgIpc) is 2.16. The molecule has 1 heterocycles. The largest absolute Gasteiger partial charge is 0.364 e. The summed E-state index contributed by atoms with van der Waals surface area (Å²) in [5.41, 5.74) is 0.336. The summed E-state index contributed by atoms with van der Waals surface area (Å²) < 4.78 is 12.7. The van der Waals surface area contributed by atoms with Crippen molar-refractivity contribution in [2.45, 2.75) is 6.29 Å². The van der Waals surface area contributed by atoms with Crippen molar-refractivity contribution in [1.82, 2.24) is 4.98 Å². The molecule has 0 saturated heterocycles. The van der Waals surface area contributed by atoms with Crippen LogP contribution in [0.5, 0.6) is 0 Å². The van der Waals surface area contributed by atoms with E-state index in [1.807, 2.05) is 0 Å². The molecule has 0 spiro atoms. The maximum Gasteiger partial charge on any atom is 0.213 e. The summed E-state index contributed by atoms with van der Waals surface area (Å²) in [4.78, 5) is 3.49. The number of nitrogens with zero attached hydrogens (tertiary/aromatic N) is 1. The van der Waals surface area contributed by atoms with Crippen LogP contribution in [-0.2, 0) is 0 Å². The molecule has 0 aliphatic rings. The lowest BCUT2D eigenvalue weighted by Gasteiger charge is -2.04. The van der Waals surface area contributed by atoms with E-state index in [4.69, 9.17) is 10.2 Å². The van der Waals surface area contributed by atoms with Crippen molar-refractivity contribution < 1.29 is 14.6 Å². The molecule has 2 N–H and O–H groups in total. The highest BCUT2D eigenvalue weighted by Crippen LogP contribution is 2.18. The van der Waals surface area contributed by atoms with Gasteiger partial charge in [-0.05, 0) is 11.5 Å². The summed E-state index contributed by atoms with van der Waals surface area (Å²) in [6.07, 6.45) is -0.131. The Bertz CT molecular complexity index is 471. The summed E-state index contributed by atoms with van der Waals surface area (Å²) in [6, 6.07) is 6.00. The van der Waals surface area contributed by atoms with Crippen LogP contribution < -0.4 is 0 Å². The highest BCUT2D eigenvalue weighted by Gasteiger charge is 2.04. The molecule has 0 saturated carbocycles. The fraction of sp³-hybridized carbons (Fsp3) is 0.100. The number of aliphatic hydroxyl groups is 2. The van der Waals surface area contributed by atoms with Gasteiger partial charge < -0.3 is 10.2 Å². The predicted molar refractivity (Wildman–Crippen MR) is 48.9 cm³/mol. The second-order valence-corrected chi connectivity index (χ2v) is 2.99. The number of fused-ring (bicyclic) bond motifs is 1. The van der Waals surface area contributed by atoms with Crippen LogP contribution in [0.4, 0.5) is 4.39 Å². The Hall–Kier alpha value is -1.52. The molecule has 0 aliphatic carbocycles. The van der Waals surface area contributed by atoms with Gasteiger partial charge in [0, 0.05) is 23.2 Å².